The van der Waals surface area contributed by atoms with Gasteiger partial charge >= 0.3 is 0 Å². The summed E-state index contributed by atoms with van der Waals surface area (Å²) in [5.74, 6) is -1.58. The number of aliphatic imine (C=N–C) groups is 1. The van der Waals surface area contributed by atoms with Crippen LogP contribution in [0, 0.1) is 20.2 Å². The normalized spacial score (nSPS) is 11.6. The van der Waals surface area contributed by atoms with Gasteiger partial charge < -0.3 is 10.2 Å². The molecule has 0 radical (unpaired) electrons. The topological polar surface area (TPSA) is 193 Å². The number of hydrogen-bond acceptors (Lipinski definition) is 9. The standard InChI is InChI=1S/C13H9N3O9S/c17-11-4-8(15(19)20)2-1-7(11)6-14-10-3-9(16(21)22)5-12(13(10)18)26(23,24)25/h1-6,17-18H,(H,23,24,25). The average molecular weight is 383 g/mol. The molecule has 0 saturated heterocycles. The summed E-state index contributed by atoms with van der Waals surface area (Å²) >= 11 is 0. The monoisotopic (exact) mass is 383 g/mol. The largest absolute Gasteiger partial charge is 0.507 e. The maximum Gasteiger partial charge on any atom is 0.298 e. The zero-order valence-electron chi connectivity index (χ0n) is 12.5. The molecule has 2 aromatic carbocycles. The van der Waals surface area contributed by atoms with Crippen molar-refractivity contribution in [3.8, 4) is 11.5 Å². The minimum Gasteiger partial charge on any atom is -0.507 e. The summed E-state index contributed by atoms with van der Waals surface area (Å²) in [6, 6.07) is 4.20. The predicted octanol–water partition coefficient (Wildman–Crippen LogP) is 1.91. The van der Waals surface area contributed by atoms with Crippen LogP contribution in [0.5, 0.6) is 11.5 Å². The first kappa shape index (κ1) is 18.8. The van der Waals surface area contributed by atoms with Gasteiger partial charge in [-0.25, -0.2) is 0 Å². The molecule has 0 heterocycles. The van der Waals surface area contributed by atoms with Crippen LogP contribution in [-0.2, 0) is 10.1 Å². The molecule has 3 N–H and O–H groups in total. The first-order chi connectivity index (χ1) is 12.0. The summed E-state index contributed by atoms with van der Waals surface area (Å²) < 4.78 is 31.5. The molecule has 0 aliphatic rings. The van der Waals surface area contributed by atoms with Gasteiger partial charge in [0.25, 0.3) is 21.5 Å². The summed E-state index contributed by atoms with van der Waals surface area (Å²) in [7, 11) is -4.97. The summed E-state index contributed by atoms with van der Waals surface area (Å²) in [6.07, 6.45) is 0.894. The highest BCUT2D eigenvalue weighted by atomic mass is 32.2. The van der Waals surface area contributed by atoms with E-state index in [1.165, 1.54) is 0 Å². The zero-order chi connectivity index (χ0) is 19.6. The number of nitro groups is 2. The molecule has 0 amide bonds. The Bertz CT molecular complexity index is 1050. The van der Waals surface area contributed by atoms with Crippen molar-refractivity contribution in [2.45, 2.75) is 4.90 Å². The van der Waals surface area contributed by atoms with E-state index in [0.29, 0.717) is 6.07 Å². The quantitative estimate of drug-likeness (QED) is 0.299. The molecule has 12 nitrogen and oxygen atoms in total. The van der Waals surface area contributed by atoms with E-state index in [0.717, 1.165) is 30.5 Å². The Morgan fingerprint density at radius 1 is 1.00 bits per heavy atom. The number of aromatic hydroxyl groups is 2. The SMILES string of the molecule is O=[N+]([O-])c1ccc(C=Nc2cc([N+](=O)[O-])cc(S(=O)(=O)O)c2O)c(O)c1. The van der Waals surface area contributed by atoms with Crippen molar-refractivity contribution < 1.29 is 33.0 Å². The number of non-ortho nitro benzene ring substituents is 2. The van der Waals surface area contributed by atoms with E-state index in [2.05, 4.69) is 4.99 Å². The lowest BCUT2D eigenvalue weighted by Gasteiger charge is -2.05. The first-order valence-electron chi connectivity index (χ1n) is 6.51. The maximum absolute atomic E-state index is 11.2. The van der Waals surface area contributed by atoms with Crippen LogP contribution in [-0.4, -0.2) is 39.2 Å². The summed E-state index contributed by atoms with van der Waals surface area (Å²) in [4.78, 5) is 22.3. The molecule has 0 bridgehead atoms. The number of phenols is 2. The van der Waals surface area contributed by atoms with Crippen LogP contribution in [0.25, 0.3) is 0 Å². The summed E-state index contributed by atoms with van der Waals surface area (Å²) in [5, 5.41) is 41.0. The number of benzene rings is 2. The average Bonchev–Trinajstić information content (AvgIpc) is 2.53. The lowest BCUT2D eigenvalue weighted by atomic mass is 10.2. The molecule has 0 aromatic heterocycles. The summed E-state index contributed by atoms with van der Waals surface area (Å²) in [6.45, 7) is 0. The second-order valence-electron chi connectivity index (χ2n) is 4.80. The number of nitro benzene ring substituents is 2. The Morgan fingerprint density at radius 3 is 2.12 bits per heavy atom. The minimum absolute atomic E-state index is 0.0464. The van der Waals surface area contributed by atoms with Crippen molar-refractivity contribution in [2.24, 2.45) is 4.99 Å². The lowest BCUT2D eigenvalue weighted by Crippen LogP contribution is -2.00. The van der Waals surface area contributed by atoms with Gasteiger partial charge in [-0.15, -0.1) is 0 Å². The Hall–Kier alpha value is -3.58. The number of rotatable bonds is 5. The molecular formula is C13H9N3O9S. The van der Waals surface area contributed by atoms with Crippen molar-refractivity contribution in [1.82, 2.24) is 0 Å². The predicted molar refractivity (Wildman–Crippen MR) is 86.6 cm³/mol. The van der Waals surface area contributed by atoms with Crippen molar-refractivity contribution >= 4 is 33.4 Å². The van der Waals surface area contributed by atoms with E-state index in [1.807, 2.05) is 0 Å². The summed E-state index contributed by atoms with van der Waals surface area (Å²) in [5.41, 5.74) is -1.79. The maximum atomic E-state index is 11.2. The second-order valence-corrected chi connectivity index (χ2v) is 6.19. The van der Waals surface area contributed by atoms with Crippen LogP contribution >= 0.6 is 0 Å². The molecule has 136 valence electrons. The molecule has 2 aromatic rings. The van der Waals surface area contributed by atoms with Crippen LogP contribution in [0.15, 0.2) is 40.2 Å². The molecular weight excluding hydrogens is 374 g/mol. The molecule has 0 aliphatic heterocycles. The van der Waals surface area contributed by atoms with Crippen LogP contribution in [0.2, 0.25) is 0 Å². The Morgan fingerprint density at radius 2 is 1.62 bits per heavy atom. The number of nitrogens with zero attached hydrogens (tertiary/aromatic N) is 3. The lowest BCUT2D eigenvalue weighted by molar-refractivity contribution is -0.385. The molecule has 0 atom stereocenters. The van der Waals surface area contributed by atoms with Crippen LogP contribution in [0.4, 0.5) is 17.1 Å². The van der Waals surface area contributed by atoms with E-state index in [9.17, 15) is 38.9 Å². The molecule has 13 heteroatoms. The van der Waals surface area contributed by atoms with Gasteiger partial charge in [0.05, 0.1) is 15.9 Å². The Kier molecular flexibility index (Phi) is 4.86. The third-order valence-electron chi connectivity index (χ3n) is 3.10. The molecule has 0 saturated carbocycles. The van der Waals surface area contributed by atoms with Gasteiger partial charge in [-0.05, 0) is 6.07 Å². The highest BCUT2D eigenvalue weighted by Gasteiger charge is 2.23. The Labute approximate surface area is 144 Å². The van der Waals surface area contributed by atoms with Gasteiger partial charge in [-0.3, -0.25) is 29.8 Å². The third kappa shape index (κ3) is 3.90. The van der Waals surface area contributed by atoms with Gasteiger partial charge in [0.1, 0.15) is 16.3 Å². The van der Waals surface area contributed by atoms with E-state index >= 15 is 0 Å². The highest BCUT2D eigenvalue weighted by Crippen LogP contribution is 2.37. The molecule has 0 unspecified atom stereocenters. The fourth-order valence-corrected chi connectivity index (χ4v) is 2.49. The number of phenolic OH excluding ortho intramolecular Hbond substituents is 2. The smallest absolute Gasteiger partial charge is 0.298 e. The van der Waals surface area contributed by atoms with Gasteiger partial charge in [0.15, 0.2) is 5.75 Å². The van der Waals surface area contributed by atoms with Gasteiger partial charge in [0.2, 0.25) is 0 Å². The van der Waals surface area contributed by atoms with Gasteiger partial charge in [-0.2, -0.15) is 8.42 Å². The molecule has 2 rings (SSSR count). The Balaban J connectivity index is 2.55. The van der Waals surface area contributed by atoms with Crippen LogP contribution in [0.3, 0.4) is 0 Å². The molecule has 0 spiro atoms. The van der Waals surface area contributed by atoms with Crippen molar-refractivity contribution in [3.05, 3.63) is 56.1 Å². The van der Waals surface area contributed by atoms with E-state index < -0.39 is 53.4 Å². The molecule has 0 aliphatic carbocycles. The second kappa shape index (κ2) is 6.73. The van der Waals surface area contributed by atoms with E-state index in [-0.39, 0.29) is 5.56 Å². The highest BCUT2D eigenvalue weighted by molar-refractivity contribution is 7.86. The van der Waals surface area contributed by atoms with Gasteiger partial charge in [-0.1, -0.05) is 0 Å². The van der Waals surface area contributed by atoms with Crippen molar-refractivity contribution in [1.29, 1.82) is 0 Å². The molecule has 0 fully saturated rings. The van der Waals surface area contributed by atoms with E-state index in [1.54, 1.807) is 0 Å². The first-order valence-corrected chi connectivity index (χ1v) is 7.95. The minimum atomic E-state index is -4.97. The third-order valence-corrected chi connectivity index (χ3v) is 3.96. The van der Waals surface area contributed by atoms with Crippen LogP contribution in [0.1, 0.15) is 5.56 Å². The van der Waals surface area contributed by atoms with E-state index in [4.69, 9.17) is 4.55 Å². The molecule has 26 heavy (non-hydrogen) atoms. The number of hydrogen-bond donors (Lipinski definition) is 3. The zero-order valence-corrected chi connectivity index (χ0v) is 13.3. The fraction of sp³-hybridized carbons (Fsp3) is 0. The van der Waals surface area contributed by atoms with Crippen molar-refractivity contribution in [2.75, 3.05) is 0 Å². The van der Waals surface area contributed by atoms with Crippen LogP contribution < -0.4 is 0 Å². The van der Waals surface area contributed by atoms with Gasteiger partial charge in [0, 0.05) is 30.0 Å². The fourth-order valence-electron chi connectivity index (χ4n) is 1.87. The van der Waals surface area contributed by atoms with Crippen molar-refractivity contribution in [3.63, 3.8) is 0 Å².